The number of aromatic amines is 1. The van der Waals surface area contributed by atoms with Gasteiger partial charge in [-0.3, -0.25) is 9.59 Å². The van der Waals surface area contributed by atoms with Gasteiger partial charge in [-0.2, -0.15) is 0 Å². The molecule has 0 aliphatic carbocycles. The summed E-state index contributed by atoms with van der Waals surface area (Å²) in [6.45, 7) is 3.74. The Morgan fingerprint density at radius 2 is 2.00 bits per heavy atom. The molecule has 2 rings (SSSR count). The lowest BCUT2D eigenvalue weighted by atomic mass is 10.0. The maximum atomic E-state index is 12.4. The number of H-pyrrole nitrogens is 1. The number of hydrogen-bond donors (Lipinski definition) is 3. The summed E-state index contributed by atoms with van der Waals surface area (Å²) in [5.74, 6) is -0.413. The van der Waals surface area contributed by atoms with Crippen LogP contribution in [0.1, 0.15) is 35.8 Å². The molecule has 1 heterocycles. The van der Waals surface area contributed by atoms with Crippen molar-refractivity contribution in [1.82, 2.24) is 10.3 Å². The molecule has 1 aromatic carbocycles. The van der Waals surface area contributed by atoms with E-state index in [2.05, 4.69) is 10.3 Å². The first-order valence-electron chi connectivity index (χ1n) is 7.77. The molecule has 0 saturated heterocycles. The van der Waals surface area contributed by atoms with Crippen molar-refractivity contribution in [3.63, 3.8) is 0 Å². The van der Waals surface area contributed by atoms with Crippen LogP contribution in [0.15, 0.2) is 41.2 Å². The molecule has 5 nitrogen and oxygen atoms in total. The lowest BCUT2D eigenvalue weighted by molar-refractivity contribution is 0.0927. The summed E-state index contributed by atoms with van der Waals surface area (Å²) >= 11 is 0. The van der Waals surface area contributed by atoms with Gasteiger partial charge in [0.25, 0.3) is 11.5 Å². The molecule has 23 heavy (non-hydrogen) atoms. The summed E-state index contributed by atoms with van der Waals surface area (Å²) < 4.78 is 0. The third-order valence-electron chi connectivity index (χ3n) is 3.87. The van der Waals surface area contributed by atoms with Crippen molar-refractivity contribution in [3.05, 3.63) is 58.0 Å². The highest BCUT2D eigenvalue weighted by Gasteiger charge is 2.17. The Labute approximate surface area is 135 Å². The summed E-state index contributed by atoms with van der Waals surface area (Å²) in [5, 5.41) is 11.8. The molecule has 2 aromatic rings. The Morgan fingerprint density at radius 3 is 2.61 bits per heavy atom. The lowest BCUT2D eigenvalue weighted by Crippen LogP contribution is -2.38. The van der Waals surface area contributed by atoms with Crippen LogP contribution in [0.5, 0.6) is 0 Å². The van der Waals surface area contributed by atoms with Crippen LogP contribution >= 0.6 is 0 Å². The molecule has 5 heteroatoms. The van der Waals surface area contributed by atoms with Crippen molar-refractivity contribution < 1.29 is 9.90 Å². The molecule has 3 N–H and O–H groups in total. The Balaban J connectivity index is 2.36. The molecule has 1 amide bonds. The second-order valence-corrected chi connectivity index (χ2v) is 5.51. The number of aromatic nitrogens is 1. The van der Waals surface area contributed by atoms with Crippen LogP contribution in [-0.2, 0) is 0 Å². The second kappa shape index (κ2) is 7.74. The molecule has 0 radical (unpaired) electrons. The van der Waals surface area contributed by atoms with E-state index in [4.69, 9.17) is 5.11 Å². The largest absolute Gasteiger partial charge is 0.396 e. The van der Waals surface area contributed by atoms with E-state index in [0.717, 1.165) is 16.8 Å². The third kappa shape index (κ3) is 4.07. The van der Waals surface area contributed by atoms with E-state index in [9.17, 15) is 9.59 Å². The Kier molecular flexibility index (Phi) is 5.71. The Bertz CT molecular complexity index is 723. The number of nitrogens with one attached hydrogen (secondary N) is 2. The van der Waals surface area contributed by atoms with Crippen molar-refractivity contribution in [2.24, 2.45) is 0 Å². The predicted molar refractivity (Wildman–Crippen MR) is 90.5 cm³/mol. The molecule has 1 aromatic heterocycles. The third-order valence-corrected chi connectivity index (χ3v) is 3.87. The average molecular weight is 314 g/mol. The highest BCUT2D eigenvalue weighted by Crippen LogP contribution is 2.21. The van der Waals surface area contributed by atoms with Crippen molar-refractivity contribution >= 4 is 5.91 Å². The van der Waals surface area contributed by atoms with E-state index >= 15 is 0 Å². The van der Waals surface area contributed by atoms with E-state index in [1.807, 2.05) is 44.2 Å². The molecule has 0 spiro atoms. The van der Waals surface area contributed by atoms with Crippen LogP contribution < -0.4 is 10.9 Å². The molecular formula is C18H22N2O3. The molecule has 0 bridgehead atoms. The lowest BCUT2D eigenvalue weighted by Gasteiger charge is -2.16. The van der Waals surface area contributed by atoms with Gasteiger partial charge in [0.05, 0.1) is 0 Å². The number of benzene rings is 1. The number of pyridine rings is 1. The fourth-order valence-electron chi connectivity index (χ4n) is 2.51. The van der Waals surface area contributed by atoms with Crippen molar-refractivity contribution in [2.45, 2.75) is 32.7 Å². The van der Waals surface area contributed by atoms with Gasteiger partial charge in [-0.05, 0) is 31.4 Å². The zero-order valence-electron chi connectivity index (χ0n) is 13.4. The Hall–Kier alpha value is -2.40. The summed E-state index contributed by atoms with van der Waals surface area (Å²) in [4.78, 5) is 27.3. The standard InChI is InChI=1S/C18H22N2O3/c1-3-14(9-10-21)20-18(23)16-11-15(12(2)19-17(16)22)13-7-5-4-6-8-13/h4-8,11,14,21H,3,9-10H2,1-2H3,(H,19,22)(H,20,23). The number of aliphatic hydroxyl groups is 1. The Morgan fingerprint density at radius 1 is 1.30 bits per heavy atom. The molecule has 1 unspecified atom stereocenters. The van der Waals surface area contributed by atoms with Crippen LogP contribution in [0.2, 0.25) is 0 Å². The van der Waals surface area contributed by atoms with Gasteiger partial charge in [-0.15, -0.1) is 0 Å². The quantitative estimate of drug-likeness (QED) is 0.765. The summed E-state index contributed by atoms with van der Waals surface area (Å²) in [5.41, 5.74) is 2.17. The fraction of sp³-hybridized carbons (Fsp3) is 0.333. The zero-order valence-corrected chi connectivity index (χ0v) is 13.4. The maximum Gasteiger partial charge on any atom is 0.261 e. The van der Waals surface area contributed by atoms with E-state index in [-0.39, 0.29) is 18.2 Å². The number of amides is 1. The topological polar surface area (TPSA) is 82.2 Å². The normalized spacial score (nSPS) is 12.0. The number of carbonyl (C=O) groups is 1. The van der Waals surface area contributed by atoms with E-state index in [0.29, 0.717) is 12.8 Å². The van der Waals surface area contributed by atoms with Gasteiger partial charge in [-0.1, -0.05) is 37.3 Å². The number of aliphatic hydroxyl groups excluding tert-OH is 1. The minimum Gasteiger partial charge on any atom is -0.396 e. The zero-order chi connectivity index (χ0) is 16.8. The number of hydrogen-bond acceptors (Lipinski definition) is 3. The van der Waals surface area contributed by atoms with Gasteiger partial charge >= 0.3 is 0 Å². The smallest absolute Gasteiger partial charge is 0.261 e. The summed E-state index contributed by atoms with van der Waals surface area (Å²) in [6.07, 6.45) is 1.17. The van der Waals surface area contributed by atoms with E-state index in [1.165, 1.54) is 0 Å². The van der Waals surface area contributed by atoms with Crippen LogP contribution in [0, 0.1) is 6.92 Å². The summed E-state index contributed by atoms with van der Waals surface area (Å²) in [7, 11) is 0. The minimum atomic E-state index is -0.413. The fourth-order valence-corrected chi connectivity index (χ4v) is 2.51. The van der Waals surface area contributed by atoms with Crippen LogP contribution in [0.3, 0.4) is 0 Å². The van der Waals surface area contributed by atoms with Crippen molar-refractivity contribution in [1.29, 1.82) is 0 Å². The molecule has 1 atom stereocenters. The second-order valence-electron chi connectivity index (χ2n) is 5.51. The van der Waals surface area contributed by atoms with Gasteiger partial charge in [0.15, 0.2) is 0 Å². The van der Waals surface area contributed by atoms with E-state index < -0.39 is 11.5 Å². The molecular weight excluding hydrogens is 292 g/mol. The van der Waals surface area contributed by atoms with Crippen molar-refractivity contribution in [2.75, 3.05) is 6.61 Å². The van der Waals surface area contributed by atoms with Crippen LogP contribution in [-0.4, -0.2) is 28.6 Å². The predicted octanol–water partition coefficient (Wildman–Crippen LogP) is 2.24. The molecule has 122 valence electrons. The molecule has 0 fully saturated rings. The van der Waals surface area contributed by atoms with Gasteiger partial charge < -0.3 is 15.4 Å². The van der Waals surface area contributed by atoms with Gasteiger partial charge in [0.2, 0.25) is 0 Å². The summed E-state index contributed by atoms with van der Waals surface area (Å²) in [6, 6.07) is 11.1. The van der Waals surface area contributed by atoms with Crippen molar-refractivity contribution in [3.8, 4) is 11.1 Å². The monoisotopic (exact) mass is 314 g/mol. The minimum absolute atomic E-state index is 0.00168. The van der Waals surface area contributed by atoms with Gasteiger partial charge in [0, 0.05) is 23.9 Å². The highest BCUT2D eigenvalue weighted by molar-refractivity contribution is 5.95. The van der Waals surface area contributed by atoms with E-state index in [1.54, 1.807) is 6.07 Å². The van der Waals surface area contributed by atoms with Crippen LogP contribution in [0.4, 0.5) is 0 Å². The number of rotatable bonds is 6. The average Bonchev–Trinajstić information content (AvgIpc) is 2.55. The highest BCUT2D eigenvalue weighted by atomic mass is 16.3. The molecule has 0 saturated carbocycles. The molecule has 0 aliphatic heterocycles. The first kappa shape index (κ1) is 17.0. The number of aryl methyl sites for hydroxylation is 1. The van der Waals surface area contributed by atoms with Crippen LogP contribution in [0.25, 0.3) is 11.1 Å². The first-order chi connectivity index (χ1) is 11.1. The first-order valence-corrected chi connectivity index (χ1v) is 7.77. The number of carbonyl (C=O) groups excluding carboxylic acids is 1. The van der Waals surface area contributed by atoms with Gasteiger partial charge in [0.1, 0.15) is 5.56 Å². The molecule has 0 aliphatic rings. The van der Waals surface area contributed by atoms with Gasteiger partial charge in [-0.25, -0.2) is 0 Å². The maximum absolute atomic E-state index is 12.4. The SMILES string of the molecule is CCC(CCO)NC(=O)c1cc(-c2ccccc2)c(C)[nH]c1=O.